The van der Waals surface area contributed by atoms with Gasteiger partial charge in [0.1, 0.15) is 0 Å². The number of anilines is 1. The van der Waals surface area contributed by atoms with Gasteiger partial charge in [-0.2, -0.15) is 0 Å². The van der Waals surface area contributed by atoms with Crippen LogP contribution in [0.4, 0.5) is 5.69 Å². The lowest BCUT2D eigenvalue weighted by Gasteiger charge is -2.41. The highest BCUT2D eigenvalue weighted by atomic mass is 15.2. The van der Waals surface area contributed by atoms with Gasteiger partial charge < -0.3 is 10.6 Å². The van der Waals surface area contributed by atoms with Crippen LogP contribution < -0.4 is 10.6 Å². The normalized spacial score (nSPS) is 18.1. The second-order valence-corrected chi connectivity index (χ2v) is 6.40. The fraction of sp³-hybridized carbons (Fsp3) is 0.625. The second kappa shape index (κ2) is 5.31. The topological polar surface area (TPSA) is 29.3 Å². The van der Waals surface area contributed by atoms with Crippen molar-refractivity contribution in [3.05, 3.63) is 29.8 Å². The largest absolute Gasteiger partial charge is 0.367 e. The predicted molar refractivity (Wildman–Crippen MR) is 79.0 cm³/mol. The molecule has 0 fully saturated rings. The first kappa shape index (κ1) is 13.4. The predicted octanol–water partition coefficient (Wildman–Crippen LogP) is 3.20. The molecule has 18 heavy (non-hydrogen) atoms. The van der Waals surface area contributed by atoms with Crippen LogP contribution in [-0.4, -0.2) is 19.1 Å². The summed E-state index contributed by atoms with van der Waals surface area (Å²) in [5, 5.41) is 0. The van der Waals surface area contributed by atoms with Gasteiger partial charge >= 0.3 is 0 Å². The second-order valence-electron chi connectivity index (χ2n) is 6.40. The molecule has 1 unspecified atom stereocenters. The average Bonchev–Trinajstić information content (AvgIpc) is 2.51. The minimum atomic E-state index is 0.214. The van der Waals surface area contributed by atoms with E-state index < -0.39 is 0 Å². The molecule has 1 aromatic rings. The van der Waals surface area contributed by atoms with Crippen molar-refractivity contribution in [1.82, 2.24) is 0 Å². The zero-order chi connectivity index (χ0) is 13.2. The van der Waals surface area contributed by atoms with Gasteiger partial charge in [0.15, 0.2) is 0 Å². The molecule has 1 aromatic carbocycles. The van der Waals surface area contributed by atoms with E-state index in [1.54, 1.807) is 0 Å². The third-order valence-corrected chi connectivity index (χ3v) is 4.00. The molecule has 0 amide bonds. The van der Waals surface area contributed by atoms with Gasteiger partial charge in [0.25, 0.3) is 0 Å². The molecule has 2 rings (SSSR count). The van der Waals surface area contributed by atoms with Gasteiger partial charge in [-0.05, 0) is 36.3 Å². The highest BCUT2D eigenvalue weighted by molar-refractivity contribution is 5.55. The van der Waals surface area contributed by atoms with Crippen molar-refractivity contribution in [2.24, 2.45) is 11.1 Å². The molecule has 0 aromatic heterocycles. The summed E-state index contributed by atoms with van der Waals surface area (Å²) in [4.78, 5) is 2.54. The Morgan fingerprint density at radius 1 is 1.22 bits per heavy atom. The van der Waals surface area contributed by atoms with Crippen LogP contribution in [0.3, 0.4) is 0 Å². The van der Waals surface area contributed by atoms with Gasteiger partial charge in [-0.1, -0.05) is 39.0 Å². The zero-order valence-corrected chi connectivity index (χ0v) is 11.9. The summed E-state index contributed by atoms with van der Waals surface area (Å²) >= 11 is 0. The Hall–Kier alpha value is -1.02. The third-order valence-electron chi connectivity index (χ3n) is 4.00. The Kier molecular flexibility index (Phi) is 3.96. The van der Waals surface area contributed by atoms with Crippen LogP contribution in [-0.2, 0) is 6.42 Å². The maximum absolute atomic E-state index is 6.06. The Morgan fingerprint density at radius 2 is 1.94 bits per heavy atom. The van der Waals surface area contributed by atoms with Gasteiger partial charge in [-0.3, -0.25) is 0 Å². The van der Waals surface area contributed by atoms with Gasteiger partial charge in [0, 0.05) is 24.8 Å². The summed E-state index contributed by atoms with van der Waals surface area (Å²) in [5.41, 5.74) is 9.16. The number of benzene rings is 1. The number of fused-ring (bicyclic) bond motifs is 1. The fourth-order valence-electron chi connectivity index (χ4n) is 2.99. The first-order valence-electron chi connectivity index (χ1n) is 7.08. The van der Waals surface area contributed by atoms with Crippen molar-refractivity contribution in [1.29, 1.82) is 0 Å². The maximum Gasteiger partial charge on any atom is 0.0460 e. The molecule has 0 aliphatic carbocycles. The van der Waals surface area contributed by atoms with Crippen LogP contribution in [0.15, 0.2) is 24.3 Å². The fourth-order valence-corrected chi connectivity index (χ4v) is 2.99. The van der Waals surface area contributed by atoms with Crippen molar-refractivity contribution in [3.63, 3.8) is 0 Å². The monoisotopic (exact) mass is 246 g/mol. The van der Waals surface area contributed by atoms with Crippen molar-refractivity contribution in [3.8, 4) is 0 Å². The molecule has 1 aliphatic rings. The van der Waals surface area contributed by atoms with E-state index in [-0.39, 0.29) is 5.41 Å². The number of hydrogen-bond donors (Lipinski definition) is 1. The highest BCUT2D eigenvalue weighted by Crippen LogP contribution is 2.33. The molecule has 2 heteroatoms. The van der Waals surface area contributed by atoms with Gasteiger partial charge in [0.2, 0.25) is 0 Å². The van der Waals surface area contributed by atoms with Gasteiger partial charge in [-0.15, -0.1) is 0 Å². The van der Waals surface area contributed by atoms with E-state index in [0.29, 0.717) is 6.04 Å². The molecule has 100 valence electrons. The molecule has 0 bridgehead atoms. The Labute approximate surface area is 111 Å². The summed E-state index contributed by atoms with van der Waals surface area (Å²) < 4.78 is 0. The third kappa shape index (κ3) is 2.69. The molecule has 0 radical (unpaired) electrons. The molecule has 1 aliphatic heterocycles. The molecule has 0 saturated heterocycles. The van der Waals surface area contributed by atoms with Crippen molar-refractivity contribution >= 4 is 5.69 Å². The Balaban J connectivity index is 2.38. The lowest BCUT2D eigenvalue weighted by molar-refractivity contribution is 0.307. The summed E-state index contributed by atoms with van der Waals surface area (Å²) in [6.07, 6.45) is 3.75. The minimum absolute atomic E-state index is 0.214. The van der Waals surface area contributed by atoms with Crippen LogP contribution in [0, 0.1) is 5.41 Å². The van der Waals surface area contributed by atoms with E-state index in [1.807, 2.05) is 0 Å². The number of para-hydroxylation sites is 1. The van der Waals surface area contributed by atoms with Crippen LogP contribution in [0.2, 0.25) is 0 Å². The molecular weight excluding hydrogens is 220 g/mol. The van der Waals surface area contributed by atoms with Gasteiger partial charge in [-0.25, -0.2) is 0 Å². The van der Waals surface area contributed by atoms with Crippen LogP contribution in [0.5, 0.6) is 0 Å². The summed E-state index contributed by atoms with van der Waals surface area (Å²) in [7, 11) is 0. The molecule has 0 spiro atoms. The zero-order valence-electron chi connectivity index (χ0n) is 11.9. The lowest BCUT2D eigenvalue weighted by atomic mass is 9.85. The van der Waals surface area contributed by atoms with Crippen LogP contribution in [0.25, 0.3) is 0 Å². The van der Waals surface area contributed by atoms with Crippen molar-refractivity contribution in [2.45, 2.75) is 46.1 Å². The molecular formula is C16H26N2. The number of rotatable bonds is 2. The van der Waals surface area contributed by atoms with E-state index in [9.17, 15) is 0 Å². The van der Waals surface area contributed by atoms with Crippen LogP contribution >= 0.6 is 0 Å². The molecule has 0 saturated carbocycles. The first-order chi connectivity index (χ1) is 8.54. The number of nitrogens with two attached hydrogens (primary N) is 1. The van der Waals surface area contributed by atoms with E-state index >= 15 is 0 Å². The molecule has 2 N–H and O–H groups in total. The van der Waals surface area contributed by atoms with Crippen LogP contribution in [0.1, 0.15) is 39.2 Å². The molecule has 1 heterocycles. The Morgan fingerprint density at radius 3 is 2.61 bits per heavy atom. The van der Waals surface area contributed by atoms with Crippen molar-refractivity contribution < 1.29 is 0 Å². The number of hydrogen-bond acceptors (Lipinski definition) is 2. The SMILES string of the molecule is CC(C)(C)C(CN)N1CCCCc2ccccc21. The molecule has 1 atom stereocenters. The summed E-state index contributed by atoms with van der Waals surface area (Å²) in [6.45, 7) is 8.72. The number of nitrogens with zero attached hydrogens (tertiary/aromatic N) is 1. The Bertz CT molecular complexity index is 392. The smallest absolute Gasteiger partial charge is 0.0460 e. The van der Waals surface area contributed by atoms with E-state index in [0.717, 1.165) is 13.1 Å². The maximum atomic E-state index is 6.06. The van der Waals surface area contributed by atoms with E-state index in [2.05, 4.69) is 49.9 Å². The number of aryl methyl sites for hydroxylation is 1. The standard InChI is InChI=1S/C16H26N2/c1-16(2,3)15(12-17)18-11-7-6-9-13-8-4-5-10-14(13)18/h4-5,8,10,15H,6-7,9,11-12,17H2,1-3H3. The van der Waals surface area contributed by atoms with E-state index in [4.69, 9.17) is 5.73 Å². The summed E-state index contributed by atoms with van der Waals surface area (Å²) in [6, 6.07) is 9.24. The van der Waals surface area contributed by atoms with E-state index in [1.165, 1.54) is 30.5 Å². The van der Waals surface area contributed by atoms with Gasteiger partial charge in [0.05, 0.1) is 0 Å². The van der Waals surface area contributed by atoms with Crippen molar-refractivity contribution in [2.75, 3.05) is 18.0 Å². The first-order valence-corrected chi connectivity index (χ1v) is 7.08. The molecule has 2 nitrogen and oxygen atoms in total. The minimum Gasteiger partial charge on any atom is -0.367 e. The lowest BCUT2D eigenvalue weighted by Crippen LogP contribution is -2.49. The average molecular weight is 246 g/mol. The highest BCUT2D eigenvalue weighted by Gasteiger charge is 2.30. The summed E-state index contributed by atoms with van der Waals surface area (Å²) in [5.74, 6) is 0. The quantitative estimate of drug-likeness (QED) is 0.868.